The molecule has 0 radical (unpaired) electrons. The lowest BCUT2D eigenvalue weighted by atomic mass is 9.65. The molecule has 0 bridgehead atoms. The summed E-state index contributed by atoms with van der Waals surface area (Å²) >= 11 is 1.83. The van der Waals surface area contributed by atoms with Crippen LogP contribution in [-0.2, 0) is 10.8 Å². The predicted molar refractivity (Wildman–Crippen MR) is 70.2 cm³/mol. The molecule has 0 saturated carbocycles. The second-order valence-corrected chi connectivity index (χ2v) is 7.22. The van der Waals surface area contributed by atoms with Gasteiger partial charge >= 0.3 is 0 Å². The summed E-state index contributed by atoms with van der Waals surface area (Å²) in [5.41, 5.74) is 3.07. The second kappa shape index (κ2) is 3.58. The molecular weight excluding hydrogens is 216 g/mol. The van der Waals surface area contributed by atoms with Crippen LogP contribution in [0.4, 0.5) is 0 Å². The number of thiophene rings is 1. The molecule has 0 spiro atoms. The Bertz CT molecular complexity index is 399. The number of fused-ring (bicyclic) bond motifs is 1. The van der Waals surface area contributed by atoms with Crippen LogP contribution in [0.3, 0.4) is 0 Å². The number of hydrogen-bond acceptors (Lipinski definition) is 2. The Morgan fingerprint density at radius 1 is 1.19 bits per heavy atom. The first kappa shape index (κ1) is 12.1. The minimum absolute atomic E-state index is 0.219. The molecule has 0 aliphatic heterocycles. The third-order valence-electron chi connectivity index (χ3n) is 3.94. The summed E-state index contributed by atoms with van der Waals surface area (Å²) in [5.74, 6) is 0. The molecule has 0 saturated heterocycles. The van der Waals surface area contributed by atoms with E-state index in [0.717, 1.165) is 5.56 Å². The van der Waals surface area contributed by atoms with Gasteiger partial charge in [-0.3, -0.25) is 0 Å². The van der Waals surface area contributed by atoms with Crippen LogP contribution >= 0.6 is 11.3 Å². The standard InChI is InChI=1S/C14H22OS/c1-9(15)10-8-16-12-11(10)13(2,3)6-7-14(12,4)5/h8-9,15H,6-7H2,1-5H3. The fraction of sp³-hybridized carbons (Fsp3) is 0.714. The van der Waals surface area contributed by atoms with E-state index >= 15 is 0 Å². The molecule has 90 valence electrons. The Labute approximate surface area is 103 Å². The predicted octanol–water partition coefficient (Wildman–Crippen LogP) is 4.15. The number of aliphatic hydroxyl groups is 1. The monoisotopic (exact) mass is 238 g/mol. The van der Waals surface area contributed by atoms with Gasteiger partial charge in [-0.15, -0.1) is 11.3 Å². The largest absolute Gasteiger partial charge is 0.389 e. The van der Waals surface area contributed by atoms with Crippen molar-refractivity contribution in [1.82, 2.24) is 0 Å². The van der Waals surface area contributed by atoms with Crippen molar-refractivity contribution in [2.45, 2.75) is 64.4 Å². The van der Waals surface area contributed by atoms with Crippen molar-refractivity contribution < 1.29 is 5.11 Å². The quantitative estimate of drug-likeness (QED) is 0.779. The number of rotatable bonds is 1. The maximum Gasteiger partial charge on any atom is 0.0772 e. The molecule has 0 amide bonds. The lowest BCUT2D eigenvalue weighted by Gasteiger charge is -2.40. The van der Waals surface area contributed by atoms with Gasteiger partial charge in [-0.2, -0.15) is 0 Å². The summed E-state index contributed by atoms with van der Waals surface area (Å²) in [6.07, 6.45) is 2.11. The molecule has 1 nitrogen and oxygen atoms in total. The molecule has 1 aliphatic carbocycles. The first-order chi connectivity index (χ1) is 7.26. The van der Waals surface area contributed by atoms with Gasteiger partial charge in [0.05, 0.1) is 6.10 Å². The van der Waals surface area contributed by atoms with Crippen LogP contribution in [0.5, 0.6) is 0 Å². The second-order valence-electron chi connectivity index (χ2n) is 6.34. The normalized spacial score (nSPS) is 23.9. The van der Waals surface area contributed by atoms with E-state index < -0.39 is 0 Å². The summed E-state index contributed by atoms with van der Waals surface area (Å²) in [7, 11) is 0. The highest BCUT2D eigenvalue weighted by Gasteiger charge is 2.40. The van der Waals surface area contributed by atoms with Crippen LogP contribution in [0.25, 0.3) is 0 Å². The van der Waals surface area contributed by atoms with Crippen molar-refractivity contribution in [2.75, 3.05) is 0 Å². The zero-order chi connectivity index (χ0) is 12.1. The first-order valence-electron chi connectivity index (χ1n) is 6.06. The summed E-state index contributed by atoms with van der Waals surface area (Å²) < 4.78 is 0. The van der Waals surface area contributed by atoms with E-state index in [9.17, 15) is 5.11 Å². The minimum Gasteiger partial charge on any atom is -0.389 e. The Hall–Kier alpha value is -0.340. The van der Waals surface area contributed by atoms with E-state index in [1.807, 2.05) is 18.3 Å². The fourth-order valence-corrected chi connectivity index (χ4v) is 4.23. The fourth-order valence-electron chi connectivity index (χ4n) is 2.74. The van der Waals surface area contributed by atoms with Crippen molar-refractivity contribution in [3.05, 3.63) is 21.4 Å². The molecule has 0 fully saturated rings. The van der Waals surface area contributed by atoms with E-state index in [-0.39, 0.29) is 16.9 Å². The summed E-state index contributed by atoms with van der Waals surface area (Å²) in [4.78, 5) is 1.49. The van der Waals surface area contributed by atoms with Crippen LogP contribution in [-0.4, -0.2) is 5.11 Å². The molecule has 1 N–H and O–H groups in total. The lowest BCUT2D eigenvalue weighted by Crippen LogP contribution is -2.33. The van der Waals surface area contributed by atoms with E-state index in [0.29, 0.717) is 0 Å². The Balaban J connectivity index is 2.63. The van der Waals surface area contributed by atoms with Crippen molar-refractivity contribution in [3.63, 3.8) is 0 Å². The highest BCUT2D eigenvalue weighted by molar-refractivity contribution is 7.10. The average molecular weight is 238 g/mol. The zero-order valence-corrected chi connectivity index (χ0v) is 11.7. The molecule has 1 heterocycles. The highest BCUT2D eigenvalue weighted by Crippen LogP contribution is 2.50. The van der Waals surface area contributed by atoms with Gasteiger partial charge in [0.15, 0.2) is 0 Å². The summed E-state index contributed by atoms with van der Waals surface area (Å²) in [6.45, 7) is 11.1. The molecule has 1 aromatic rings. The van der Waals surface area contributed by atoms with Gasteiger partial charge in [0.25, 0.3) is 0 Å². The van der Waals surface area contributed by atoms with Gasteiger partial charge in [-0.1, -0.05) is 27.7 Å². The van der Waals surface area contributed by atoms with Crippen molar-refractivity contribution >= 4 is 11.3 Å². The topological polar surface area (TPSA) is 20.2 Å². The smallest absolute Gasteiger partial charge is 0.0772 e. The summed E-state index contributed by atoms with van der Waals surface area (Å²) in [6, 6.07) is 0. The maximum atomic E-state index is 9.88. The molecule has 1 unspecified atom stereocenters. The molecule has 1 aliphatic rings. The van der Waals surface area contributed by atoms with Crippen LogP contribution in [0.2, 0.25) is 0 Å². The van der Waals surface area contributed by atoms with Crippen molar-refractivity contribution in [2.24, 2.45) is 0 Å². The Morgan fingerprint density at radius 2 is 1.75 bits per heavy atom. The van der Waals surface area contributed by atoms with Gasteiger partial charge < -0.3 is 5.11 Å². The van der Waals surface area contributed by atoms with Gasteiger partial charge in [0, 0.05) is 4.88 Å². The Morgan fingerprint density at radius 3 is 2.31 bits per heavy atom. The van der Waals surface area contributed by atoms with E-state index in [1.165, 1.54) is 23.3 Å². The van der Waals surface area contributed by atoms with E-state index in [2.05, 4.69) is 33.1 Å². The van der Waals surface area contributed by atoms with Crippen molar-refractivity contribution in [3.8, 4) is 0 Å². The van der Waals surface area contributed by atoms with Crippen molar-refractivity contribution in [1.29, 1.82) is 0 Å². The molecule has 1 atom stereocenters. The highest BCUT2D eigenvalue weighted by atomic mass is 32.1. The number of hydrogen-bond donors (Lipinski definition) is 1. The maximum absolute atomic E-state index is 9.88. The van der Waals surface area contributed by atoms with Gasteiger partial charge in [-0.05, 0) is 47.1 Å². The lowest BCUT2D eigenvalue weighted by molar-refractivity contribution is 0.194. The molecule has 1 aromatic heterocycles. The molecule has 2 heteroatoms. The molecule has 2 rings (SSSR count). The van der Waals surface area contributed by atoms with Crippen LogP contribution < -0.4 is 0 Å². The summed E-state index contributed by atoms with van der Waals surface area (Å²) in [5, 5.41) is 12.0. The molecule has 0 aromatic carbocycles. The van der Waals surface area contributed by atoms with Gasteiger partial charge in [0.2, 0.25) is 0 Å². The molecular formula is C14H22OS. The minimum atomic E-state index is -0.340. The molecule has 16 heavy (non-hydrogen) atoms. The number of aliphatic hydroxyl groups excluding tert-OH is 1. The van der Waals surface area contributed by atoms with Crippen LogP contribution in [0, 0.1) is 0 Å². The van der Waals surface area contributed by atoms with Gasteiger partial charge in [0.1, 0.15) is 0 Å². The van der Waals surface area contributed by atoms with E-state index in [4.69, 9.17) is 0 Å². The third-order valence-corrected chi connectivity index (χ3v) is 5.30. The van der Waals surface area contributed by atoms with E-state index in [1.54, 1.807) is 0 Å². The van der Waals surface area contributed by atoms with Gasteiger partial charge in [-0.25, -0.2) is 0 Å². The van der Waals surface area contributed by atoms with Crippen LogP contribution in [0.15, 0.2) is 5.38 Å². The zero-order valence-electron chi connectivity index (χ0n) is 10.9. The SMILES string of the molecule is CC(O)c1csc2c1C(C)(C)CCC2(C)C. The Kier molecular flexibility index (Phi) is 2.71. The first-order valence-corrected chi connectivity index (χ1v) is 6.94. The van der Waals surface area contributed by atoms with Crippen LogP contribution in [0.1, 0.15) is 69.6 Å². The average Bonchev–Trinajstić information content (AvgIpc) is 2.59. The third kappa shape index (κ3) is 1.72.